The molecular formula is C11H18N2O2. The molecule has 2 rings (SSSR count). The zero-order chi connectivity index (χ0) is 10.8. The number of rotatable bonds is 3. The van der Waals surface area contributed by atoms with Crippen molar-refractivity contribution in [2.24, 2.45) is 0 Å². The number of oxazole rings is 1. The largest absolute Gasteiger partial charge is 0.444 e. The summed E-state index contributed by atoms with van der Waals surface area (Å²) in [7, 11) is 0. The molecule has 15 heavy (non-hydrogen) atoms. The second-order valence-corrected chi connectivity index (χ2v) is 4.23. The van der Waals surface area contributed by atoms with Crippen LogP contribution >= 0.6 is 0 Å². The van der Waals surface area contributed by atoms with Crippen LogP contribution in [0.25, 0.3) is 0 Å². The zero-order valence-electron chi connectivity index (χ0n) is 9.29. The van der Waals surface area contributed by atoms with E-state index < -0.39 is 0 Å². The molecule has 0 radical (unpaired) electrons. The van der Waals surface area contributed by atoms with E-state index in [1.165, 1.54) is 0 Å². The van der Waals surface area contributed by atoms with E-state index in [4.69, 9.17) is 4.42 Å². The van der Waals surface area contributed by atoms with Crippen LogP contribution in [-0.4, -0.2) is 22.2 Å². The van der Waals surface area contributed by atoms with Crippen LogP contribution in [0.5, 0.6) is 0 Å². The smallest absolute Gasteiger partial charge is 0.208 e. The van der Waals surface area contributed by atoms with E-state index >= 15 is 0 Å². The van der Waals surface area contributed by atoms with Crippen molar-refractivity contribution in [1.29, 1.82) is 0 Å². The van der Waals surface area contributed by atoms with E-state index in [1.807, 2.05) is 13.8 Å². The first-order valence-electron chi connectivity index (χ1n) is 5.51. The number of aryl methyl sites for hydroxylation is 2. The van der Waals surface area contributed by atoms with Gasteiger partial charge in [-0.1, -0.05) is 0 Å². The minimum atomic E-state index is -0.206. The van der Waals surface area contributed by atoms with Gasteiger partial charge >= 0.3 is 0 Å². The molecule has 1 aliphatic carbocycles. The molecule has 1 aliphatic rings. The number of aliphatic hydroxyl groups excluding tert-OH is 1. The first-order chi connectivity index (χ1) is 7.16. The van der Waals surface area contributed by atoms with Gasteiger partial charge in [-0.2, -0.15) is 0 Å². The summed E-state index contributed by atoms with van der Waals surface area (Å²) in [6, 6.07) is 0.206. The summed E-state index contributed by atoms with van der Waals surface area (Å²) in [5, 5.41) is 12.9. The van der Waals surface area contributed by atoms with Crippen molar-refractivity contribution in [1.82, 2.24) is 10.3 Å². The van der Waals surface area contributed by atoms with Crippen LogP contribution in [0.15, 0.2) is 4.42 Å². The van der Waals surface area contributed by atoms with E-state index in [9.17, 15) is 5.11 Å². The van der Waals surface area contributed by atoms with Crippen LogP contribution in [-0.2, 0) is 6.54 Å². The lowest BCUT2D eigenvalue weighted by Gasteiger charge is -2.14. The van der Waals surface area contributed by atoms with Gasteiger partial charge in [-0.25, -0.2) is 4.98 Å². The number of nitrogens with one attached hydrogen (secondary N) is 1. The van der Waals surface area contributed by atoms with Crippen molar-refractivity contribution in [3.8, 4) is 0 Å². The van der Waals surface area contributed by atoms with Crippen molar-refractivity contribution in [3.05, 3.63) is 17.3 Å². The predicted octanol–water partition coefficient (Wildman–Crippen LogP) is 1.29. The van der Waals surface area contributed by atoms with Gasteiger partial charge in [-0.05, 0) is 33.1 Å². The molecule has 2 atom stereocenters. The Labute approximate surface area is 89.7 Å². The van der Waals surface area contributed by atoms with Crippen molar-refractivity contribution < 1.29 is 9.52 Å². The Bertz CT molecular complexity index is 316. The van der Waals surface area contributed by atoms with Gasteiger partial charge in [0.15, 0.2) is 0 Å². The summed E-state index contributed by atoms with van der Waals surface area (Å²) in [6.45, 7) is 4.46. The first-order valence-corrected chi connectivity index (χ1v) is 5.51. The molecule has 0 bridgehead atoms. The van der Waals surface area contributed by atoms with Gasteiger partial charge in [0.1, 0.15) is 5.76 Å². The Morgan fingerprint density at radius 3 is 2.80 bits per heavy atom. The molecule has 1 heterocycles. The summed E-state index contributed by atoms with van der Waals surface area (Å²) in [5.41, 5.74) is 0.943. The number of aromatic nitrogens is 1. The molecular weight excluding hydrogens is 192 g/mol. The first kappa shape index (κ1) is 10.6. The van der Waals surface area contributed by atoms with E-state index in [0.717, 1.165) is 30.7 Å². The van der Waals surface area contributed by atoms with Crippen molar-refractivity contribution in [2.45, 2.75) is 51.8 Å². The fourth-order valence-electron chi connectivity index (χ4n) is 2.01. The Kier molecular flexibility index (Phi) is 3.07. The third-order valence-electron chi connectivity index (χ3n) is 3.07. The number of aliphatic hydroxyl groups is 1. The summed E-state index contributed by atoms with van der Waals surface area (Å²) in [6.07, 6.45) is 2.84. The molecule has 4 heteroatoms. The Balaban J connectivity index is 1.87. The summed E-state index contributed by atoms with van der Waals surface area (Å²) in [5.74, 6) is 1.59. The minimum Gasteiger partial charge on any atom is -0.444 e. The van der Waals surface area contributed by atoms with Crippen LogP contribution < -0.4 is 5.32 Å². The molecule has 0 amide bonds. The van der Waals surface area contributed by atoms with E-state index in [-0.39, 0.29) is 12.1 Å². The molecule has 0 unspecified atom stereocenters. The fraction of sp³-hybridized carbons (Fsp3) is 0.727. The third kappa shape index (κ3) is 2.38. The molecule has 0 spiro atoms. The molecule has 1 saturated carbocycles. The average Bonchev–Trinajstić information content (AvgIpc) is 2.72. The van der Waals surface area contributed by atoms with Gasteiger partial charge in [0.25, 0.3) is 0 Å². The lowest BCUT2D eigenvalue weighted by atomic mass is 10.2. The zero-order valence-corrected chi connectivity index (χ0v) is 9.29. The predicted molar refractivity (Wildman–Crippen MR) is 56.5 cm³/mol. The molecule has 0 aromatic carbocycles. The SMILES string of the molecule is Cc1nc(CN[C@@H]2CCC[C@H]2O)oc1C. The average molecular weight is 210 g/mol. The molecule has 4 nitrogen and oxygen atoms in total. The lowest BCUT2D eigenvalue weighted by molar-refractivity contribution is 0.147. The highest BCUT2D eigenvalue weighted by Gasteiger charge is 2.24. The Hall–Kier alpha value is -0.870. The van der Waals surface area contributed by atoms with Gasteiger partial charge in [-0.15, -0.1) is 0 Å². The maximum atomic E-state index is 9.61. The van der Waals surface area contributed by atoms with Crippen LogP contribution in [0.4, 0.5) is 0 Å². The van der Waals surface area contributed by atoms with Crippen molar-refractivity contribution in [3.63, 3.8) is 0 Å². The van der Waals surface area contributed by atoms with Gasteiger partial charge in [0.2, 0.25) is 5.89 Å². The normalized spacial score (nSPS) is 26.1. The molecule has 0 aliphatic heterocycles. The van der Waals surface area contributed by atoms with E-state index in [1.54, 1.807) is 0 Å². The van der Waals surface area contributed by atoms with Crippen molar-refractivity contribution >= 4 is 0 Å². The fourth-order valence-corrected chi connectivity index (χ4v) is 2.01. The highest BCUT2D eigenvalue weighted by atomic mass is 16.4. The molecule has 84 valence electrons. The molecule has 1 fully saturated rings. The van der Waals surface area contributed by atoms with E-state index in [2.05, 4.69) is 10.3 Å². The van der Waals surface area contributed by atoms with Gasteiger partial charge in [-0.3, -0.25) is 0 Å². The Morgan fingerprint density at radius 2 is 2.27 bits per heavy atom. The maximum Gasteiger partial charge on any atom is 0.208 e. The van der Waals surface area contributed by atoms with Gasteiger partial charge < -0.3 is 14.8 Å². The van der Waals surface area contributed by atoms with Gasteiger partial charge in [0, 0.05) is 6.04 Å². The Morgan fingerprint density at radius 1 is 1.47 bits per heavy atom. The lowest BCUT2D eigenvalue weighted by Crippen LogP contribution is -2.35. The standard InChI is InChI=1S/C11H18N2O2/c1-7-8(2)15-11(13-7)6-12-9-4-3-5-10(9)14/h9-10,12,14H,3-6H2,1-2H3/t9-,10-/m1/s1. The van der Waals surface area contributed by atoms with Crippen LogP contribution in [0.2, 0.25) is 0 Å². The van der Waals surface area contributed by atoms with Crippen LogP contribution in [0.1, 0.15) is 36.6 Å². The summed E-state index contributed by atoms with van der Waals surface area (Å²) >= 11 is 0. The third-order valence-corrected chi connectivity index (χ3v) is 3.07. The highest BCUT2D eigenvalue weighted by molar-refractivity contribution is 5.05. The van der Waals surface area contributed by atoms with Crippen molar-refractivity contribution in [2.75, 3.05) is 0 Å². The minimum absolute atomic E-state index is 0.206. The monoisotopic (exact) mass is 210 g/mol. The number of nitrogens with zero attached hydrogens (tertiary/aromatic N) is 1. The van der Waals surface area contributed by atoms with E-state index in [0.29, 0.717) is 12.4 Å². The second kappa shape index (κ2) is 4.33. The molecule has 1 aromatic heterocycles. The highest BCUT2D eigenvalue weighted by Crippen LogP contribution is 2.19. The number of hydrogen-bond acceptors (Lipinski definition) is 4. The molecule has 1 aromatic rings. The second-order valence-electron chi connectivity index (χ2n) is 4.23. The summed E-state index contributed by atoms with van der Waals surface area (Å²) in [4.78, 5) is 4.29. The topological polar surface area (TPSA) is 58.3 Å². The maximum absolute atomic E-state index is 9.61. The molecule has 2 N–H and O–H groups in total. The van der Waals surface area contributed by atoms with Gasteiger partial charge in [0.05, 0.1) is 18.3 Å². The summed E-state index contributed by atoms with van der Waals surface area (Å²) < 4.78 is 5.45. The molecule has 0 saturated heterocycles. The van der Waals surface area contributed by atoms with Crippen LogP contribution in [0.3, 0.4) is 0 Å². The number of hydrogen-bond donors (Lipinski definition) is 2. The quantitative estimate of drug-likeness (QED) is 0.789. The van der Waals surface area contributed by atoms with Crippen LogP contribution in [0, 0.1) is 13.8 Å².